The van der Waals surface area contributed by atoms with E-state index in [0.717, 1.165) is 30.5 Å². The Balaban J connectivity index is 1.52. The summed E-state index contributed by atoms with van der Waals surface area (Å²) in [5.74, 6) is 0.127. The van der Waals surface area contributed by atoms with Crippen molar-refractivity contribution in [2.75, 3.05) is 18.0 Å². The standard InChI is InChI=1S/C18H20N4O3S/c19-14-5-6-15-12(10-14)2-1-3-16(15)20-18(23)13-4-7-17-21-26(24,25)9-8-22(17)11-13/h4-7,10-11,16H,1-3,8-9,19H2,(H,20,23). The minimum absolute atomic E-state index is 0.0436. The quantitative estimate of drug-likeness (QED) is 0.761. The predicted molar refractivity (Wildman–Crippen MR) is 99.8 cm³/mol. The SMILES string of the molecule is Nc1ccc2c(c1)CCCC2NC(=O)C1=CN2CCS(=O)(=O)N=C2C=C1. The number of nitrogens with one attached hydrogen (secondary N) is 1. The lowest BCUT2D eigenvalue weighted by atomic mass is 9.87. The molecule has 136 valence electrons. The van der Waals surface area contributed by atoms with Crippen molar-refractivity contribution in [3.05, 3.63) is 53.3 Å². The van der Waals surface area contributed by atoms with Crippen LogP contribution in [0.5, 0.6) is 0 Å². The minimum Gasteiger partial charge on any atom is -0.399 e. The third kappa shape index (κ3) is 3.24. The van der Waals surface area contributed by atoms with Crippen LogP contribution in [0.4, 0.5) is 5.69 Å². The number of hydrogen-bond donors (Lipinski definition) is 2. The number of amides is 1. The van der Waals surface area contributed by atoms with Crippen molar-refractivity contribution in [1.82, 2.24) is 10.2 Å². The molecule has 0 spiro atoms. The third-order valence-corrected chi connectivity index (χ3v) is 6.04. The van der Waals surface area contributed by atoms with Gasteiger partial charge in [0.25, 0.3) is 15.9 Å². The molecule has 1 aliphatic carbocycles. The molecule has 1 aromatic rings. The summed E-state index contributed by atoms with van der Waals surface area (Å²) in [7, 11) is -3.40. The lowest BCUT2D eigenvalue weighted by Gasteiger charge is -2.29. The van der Waals surface area contributed by atoms with Crippen molar-refractivity contribution >= 4 is 27.5 Å². The Bertz CT molecular complexity index is 963. The number of sulfonamides is 1. The largest absolute Gasteiger partial charge is 0.399 e. The van der Waals surface area contributed by atoms with Gasteiger partial charge in [-0.15, -0.1) is 4.40 Å². The van der Waals surface area contributed by atoms with Gasteiger partial charge in [-0.05, 0) is 54.7 Å². The summed E-state index contributed by atoms with van der Waals surface area (Å²) in [6.07, 6.45) is 7.69. The van der Waals surface area contributed by atoms with Crippen molar-refractivity contribution in [3.8, 4) is 0 Å². The van der Waals surface area contributed by atoms with E-state index in [0.29, 0.717) is 18.0 Å². The number of nitrogen functional groups attached to an aromatic ring is 1. The van der Waals surface area contributed by atoms with Gasteiger partial charge in [0, 0.05) is 18.4 Å². The number of amidine groups is 1. The van der Waals surface area contributed by atoms with E-state index in [1.54, 1.807) is 23.3 Å². The molecule has 3 aliphatic rings. The van der Waals surface area contributed by atoms with Gasteiger partial charge in [0.15, 0.2) is 0 Å². The molecule has 2 aliphatic heterocycles. The zero-order chi connectivity index (χ0) is 18.3. The number of nitrogens with two attached hydrogens (primary N) is 1. The van der Waals surface area contributed by atoms with Crippen LogP contribution in [0.3, 0.4) is 0 Å². The van der Waals surface area contributed by atoms with E-state index in [9.17, 15) is 13.2 Å². The van der Waals surface area contributed by atoms with Crippen LogP contribution < -0.4 is 11.1 Å². The average Bonchev–Trinajstić information content (AvgIpc) is 2.60. The van der Waals surface area contributed by atoms with Crippen LogP contribution in [-0.4, -0.2) is 37.4 Å². The Hall–Kier alpha value is -2.61. The van der Waals surface area contributed by atoms with E-state index in [1.165, 1.54) is 5.56 Å². The second kappa shape index (κ2) is 6.28. The van der Waals surface area contributed by atoms with Gasteiger partial charge in [-0.1, -0.05) is 6.07 Å². The smallest absolute Gasteiger partial charge is 0.256 e. The summed E-state index contributed by atoms with van der Waals surface area (Å²) >= 11 is 0. The molecule has 4 rings (SSSR count). The maximum Gasteiger partial charge on any atom is 0.256 e. The van der Waals surface area contributed by atoms with Crippen LogP contribution in [0.15, 0.2) is 46.5 Å². The van der Waals surface area contributed by atoms with E-state index >= 15 is 0 Å². The zero-order valence-corrected chi connectivity index (χ0v) is 15.0. The summed E-state index contributed by atoms with van der Waals surface area (Å²) in [4.78, 5) is 14.4. The van der Waals surface area contributed by atoms with E-state index in [4.69, 9.17) is 5.73 Å². The number of hydrogen-bond acceptors (Lipinski definition) is 5. The van der Waals surface area contributed by atoms with Crippen LogP contribution in [-0.2, 0) is 21.2 Å². The van der Waals surface area contributed by atoms with E-state index in [2.05, 4.69) is 9.71 Å². The fraction of sp³-hybridized carbons (Fsp3) is 0.333. The molecule has 1 unspecified atom stereocenters. The van der Waals surface area contributed by atoms with Crippen molar-refractivity contribution in [2.45, 2.75) is 25.3 Å². The predicted octanol–water partition coefficient (Wildman–Crippen LogP) is 1.26. The van der Waals surface area contributed by atoms with Crippen LogP contribution in [0.25, 0.3) is 0 Å². The molecular weight excluding hydrogens is 352 g/mol. The number of nitrogens with zero attached hydrogens (tertiary/aromatic N) is 2. The first-order valence-electron chi connectivity index (χ1n) is 8.60. The number of rotatable bonds is 2. The lowest BCUT2D eigenvalue weighted by molar-refractivity contribution is -0.118. The second-order valence-corrected chi connectivity index (χ2v) is 8.48. The summed E-state index contributed by atoms with van der Waals surface area (Å²) < 4.78 is 26.9. The van der Waals surface area contributed by atoms with E-state index in [1.807, 2.05) is 18.2 Å². The molecule has 8 heteroatoms. The van der Waals surface area contributed by atoms with Gasteiger partial charge in [0.2, 0.25) is 0 Å². The Morgan fingerprint density at radius 1 is 1.31 bits per heavy atom. The van der Waals surface area contributed by atoms with E-state index < -0.39 is 10.0 Å². The third-order valence-electron chi connectivity index (χ3n) is 4.87. The maximum absolute atomic E-state index is 12.7. The van der Waals surface area contributed by atoms with Crippen molar-refractivity contribution < 1.29 is 13.2 Å². The number of carbonyl (C=O) groups excluding carboxylic acids is 1. The van der Waals surface area contributed by atoms with Gasteiger partial charge in [0.1, 0.15) is 5.84 Å². The first kappa shape index (κ1) is 16.8. The molecule has 0 fully saturated rings. The highest BCUT2D eigenvalue weighted by molar-refractivity contribution is 7.90. The molecule has 26 heavy (non-hydrogen) atoms. The van der Waals surface area contributed by atoms with Crippen LogP contribution in [0.1, 0.15) is 30.0 Å². The Labute approximate surface area is 152 Å². The molecule has 0 bridgehead atoms. The zero-order valence-electron chi connectivity index (χ0n) is 14.2. The number of carbonyl (C=O) groups is 1. The van der Waals surface area contributed by atoms with Crippen molar-refractivity contribution in [1.29, 1.82) is 0 Å². The van der Waals surface area contributed by atoms with E-state index in [-0.39, 0.29) is 17.7 Å². The molecule has 0 saturated heterocycles. The van der Waals surface area contributed by atoms with Crippen LogP contribution in [0.2, 0.25) is 0 Å². The summed E-state index contributed by atoms with van der Waals surface area (Å²) in [5, 5.41) is 3.09. The van der Waals surface area contributed by atoms with Gasteiger partial charge in [-0.2, -0.15) is 0 Å². The average molecular weight is 372 g/mol. The number of fused-ring (bicyclic) bond motifs is 2. The normalized spacial score (nSPS) is 23.4. The summed E-state index contributed by atoms with van der Waals surface area (Å²) in [6.45, 7) is 0.299. The number of anilines is 1. The van der Waals surface area contributed by atoms with Gasteiger partial charge >= 0.3 is 0 Å². The van der Waals surface area contributed by atoms with Gasteiger partial charge < -0.3 is 16.0 Å². The highest BCUT2D eigenvalue weighted by Crippen LogP contribution is 2.31. The molecular formula is C18H20N4O3S. The summed E-state index contributed by atoms with van der Waals surface area (Å²) in [6, 6.07) is 5.78. The number of aryl methyl sites for hydroxylation is 1. The Kier molecular flexibility index (Phi) is 4.07. The van der Waals surface area contributed by atoms with Gasteiger partial charge in [-0.3, -0.25) is 4.79 Å². The minimum atomic E-state index is -3.40. The molecule has 0 saturated carbocycles. The Morgan fingerprint density at radius 2 is 2.15 bits per heavy atom. The highest BCUT2D eigenvalue weighted by atomic mass is 32.2. The maximum atomic E-state index is 12.7. The fourth-order valence-corrected chi connectivity index (χ4v) is 4.53. The molecule has 2 heterocycles. The van der Waals surface area contributed by atoms with Gasteiger partial charge in [0.05, 0.1) is 17.4 Å². The monoisotopic (exact) mass is 372 g/mol. The highest BCUT2D eigenvalue weighted by Gasteiger charge is 2.27. The second-order valence-electron chi connectivity index (χ2n) is 6.72. The van der Waals surface area contributed by atoms with Crippen LogP contribution >= 0.6 is 0 Å². The fourth-order valence-electron chi connectivity index (χ4n) is 3.56. The lowest BCUT2D eigenvalue weighted by Crippen LogP contribution is -2.38. The Morgan fingerprint density at radius 3 is 3.00 bits per heavy atom. The first-order valence-corrected chi connectivity index (χ1v) is 10.2. The molecule has 1 amide bonds. The van der Waals surface area contributed by atoms with Crippen molar-refractivity contribution in [2.24, 2.45) is 4.40 Å². The topological polar surface area (TPSA) is 105 Å². The van der Waals surface area contributed by atoms with Crippen molar-refractivity contribution in [3.63, 3.8) is 0 Å². The van der Waals surface area contributed by atoms with Gasteiger partial charge in [-0.25, -0.2) is 8.42 Å². The molecule has 0 radical (unpaired) electrons. The first-order chi connectivity index (χ1) is 12.4. The molecule has 1 atom stereocenters. The molecule has 1 aromatic carbocycles. The molecule has 0 aromatic heterocycles. The molecule has 7 nitrogen and oxygen atoms in total. The van der Waals surface area contributed by atoms with Crippen LogP contribution in [0, 0.1) is 0 Å². The summed E-state index contributed by atoms with van der Waals surface area (Å²) in [5.41, 5.74) is 9.39. The number of benzene rings is 1. The molecule has 3 N–H and O–H groups in total.